The summed E-state index contributed by atoms with van der Waals surface area (Å²) in [5.41, 5.74) is 0. The lowest BCUT2D eigenvalue weighted by Crippen LogP contribution is -2.45. The summed E-state index contributed by atoms with van der Waals surface area (Å²) < 4.78 is 24.7. The second-order valence-electron chi connectivity index (χ2n) is 3.16. The molecule has 0 aromatic heterocycles. The van der Waals surface area contributed by atoms with Gasteiger partial charge in [-0.15, -0.1) is 0 Å². The number of likely N-dealkylation sites (tertiary alicyclic amines) is 1. The van der Waals surface area contributed by atoms with Crippen molar-refractivity contribution in [1.82, 2.24) is 4.90 Å². The van der Waals surface area contributed by atoms with Crippen LogP contribution in [0.4, 0.5) is 8.78 Å². The first kappa shape index (κ1) is 9.86. The van der Waals surface area contributed by atoms with E-state index in [2.05, 4.69) is 0 Å². The molecule has 0 aromatic rings. The van der Waals surface area contributed by atoms with Gasteiger partial charge in [0, 0.05) is 6.54 Å². The Kier molecular flexibility index (Phi) is 3.88. The van der Waals surface area contributed by atoms with Gasteiger partial charge in [-0.05, 0) is 19.4 Å². The fourth-order valence-corrected chi connectivity index (χ4v) is 1.71. The first-order valence-corrected chi connectivity index (χ1v) is 4.38. The maximum absolute atomic E-state index is 12.4. The standard InChI is InChI=1S/C8H15F2NO/c9-8(10)7-3-1-2-4-11(7)5-6-12/h7-8,12H,1-6H2. The van der Waals surface area contributed by atoms with E-state index in [9.17, 15) is 8.78 Å². The molecular weight excluding hydrogens is 164 g/mol. The third-order valence-electron chi connectivity index (χ3n) is 2.34. The number of hydrogen-bond acceptors (Lipinski definition) is 2. The fourth-order valence-electron chi connectivity index (χ4n) is 1.71. The van der Waals surface area contributed by atoms with Gasteiger partial charge in [-0.25, -0.2) is 8.78 Å². The van der Waals surface area contributed by atoms with Gasteiger partial charge in [0.05, 0.1) is 12.6 Å². The van der Waals surface area contributed by atoms with E-state index < -0.39 is 12.5 Å². The van der Waals surface area contributed by atoms with Crippen LogP contribution in [0.25, 0.3) is 0 Å². The number of piperidine rings is 1. The molecule has 1 aliphatic heterocycles. The molecule has 4 heteroatoms. The van der Waals surface area contributed by atoms with Crippen LogP contribution in [-0.2, 0) is 0 Å². The highest BCUT2D eigenvalue weighted by molar-refractivity contribution is 4.78. The largest absolute Gasteiger partial charge is 0.395 e. The van der Waals surface area contributed by atoms with Crippen molar-refractivity contribution in [3.8, 4) is 0 Å². The summed E-state index contributed by atoms with van der Waals surface area (Å²) >= 11 is 0. The van der Waals surface area contributed by atoms with E-state index in [1.807, 2.05) is 0 Å². The number of alkyl halides is 2. The van der Waals surface area contributed by atoms with Crippen LogP contribution in [0.5, 0.6) is 0 Å². The average Bonchev–Trinajstić information content (AvgIpc) is 2.05. The molecule has 2 nitrogen and oxygen atoms in total. The molecule has 0 aromatic carbocycles. The molecule has 0 bridgehead atoms. The van der Waals surface area contributed by atoms with Gasteiger partial charge in [0.1, 0.15) is 0 Å². The van der Waals surface area contributed by atoms with Gasteiger partial charge in [0.15, 0.2) is 0 Å². The first-order valence-electron chi connectivity index (χ1n) is 4.38. The molecule has 1 rings (SSSR count). The maximum atomic E-state index is 12.4. The van der Waals surface area contributed by atoms with Crippen LogP contribution in [0.3, 0.4) is 0 Å². The number of nitrogens with zero attached hydrogens (tertiary/aromatic N) is 1. The number of β-amino-alcohol motifs (C(OH)–C–C–N with tert-alkyl or cyclic N) is 1. The number of aliphatic hydroxyl groups excluding tert-OH is 1. The Morgan fingerprint density at radius 3 is 2.75 bits per heavy atom. The zero-order valence-corrected chi connectivity index (χ0v) is 7.05. The number of hydrogen-bond donors (Lipinski definition) is 1. The molecule has 1 saturated heterocycles. The van der Waals surface area contributed by atoms with Gasteiger partial charge in [-0.2, -0.15) is 0 Å². The summed E-state index contributed by atoms with van der Waals surface area (Å²) in [6, 6.07) is -0.620. The van der Waals surface area contributed by atoms with Crippen molar-refractivity contribution in [1.29, 1.82) is 0 Å². The molecule has 1 atom stereocenters. The van der Waals surface area contributed by atoms with E-state index in [-0.39, 0.29) is 6.61 Å². The molecule has 1 unspecified atom stereocenters. The quantitative estimate of drug-likeness (QED) is 0.701. The van der Waals surface area contributed by atoms with Crippen LogP contribution in [0, 0.1) is 0 Å². The predicted octanol–water partition coefficient (Wildman–Crippen LogP) is 1.10. The van der Waals surface area contributed by atoms with Gasteiger partial charge < -0.3 is 5.11 Å². The van der Waals surface area contributed by atoms with E-state index in [4.69, 9.17) is 5.11 Å². The van der Waals surface area contributed by atoms with Crippen molar-refractivity contribution >= 4 is 0 Å². The lowest BCUT2D eigenvalue weighted by Gasteiger charge is -2.34. The Morgan fingerprint density at radius 2 is 2.17 bits per heavy atom. The van der Waals surface area contributed by atoms with Crippen molar-refractivity contribution in [3.63, 3.8) is 0 Å². The average molecular weight is 179 g/mol. The third-order valence-corrected chi connectivity index (χ3v) is 2.34. The van der Waals surface area contributed by atoms with Gasteiger partial charge in [-0.3, -0.25) is 4.90 Å². The smallest absolute Gasteiger partial charge is 0.253 e. The fraction of sp³-hybridized carbons (Fsp3) is 1.00. The minimum atomic E-state index is -2.27. The van der Waals surface area contributed by atoms with Crippen LogP contribution in [0.2, 0.25) is 0 Å². The Hall–Kier alpha value is -0.220. The van der Waals surface area contributed by atoms with Crippen molar-refractivity contribution < 1.29 is 13.9 Å². The minimum Gasteiger partial charge on any atom is -0.395 e. The summed E-state index contributed by atoms with van der Waals surface area (Å²) in [7, 11) is 0. The molecule has 1 N–H and O–H groups in total. The zero-order valence-electron chi connectivity index (χ0n) is 7.05. The molecule has 0 aliphatic carbocycles. The van der Waals surface area contributed by atoms with Crippen molar-refractivity contribution in [2.24, 2.45) is 0 Å². The summed E-state index contributed by atoms with van der Waals surface area (Å²) in [5.74, 6) is 0. The number of aliphatic hydroxyl groups is 1. The molecule has 0 amide bonds. The van der Waals surface area contributed by atoms with E-state index in [1.54, 1.807) is 4.90 Å². The lowest BCUT2D eigenvalue weighted by molar-refractivity contribution is -0.00220. The molecule has 1 aliphatic rings. The molecule has 0 saturated carbocycles. The monoisotopic (exact) mass is 179 g/mol. The highest BCUT2D eigenvalue weighted by atomic mass is 19.3. The van der Waals surface area contributed by atoms with Gasteiger partial charge in [-0.1, -0.05) is 6.42 Å². The van der Waals surface area contributed by atoms with Crippen LogP contribution in [0.1, 0.15) is 19.3 Å². The van der Waals surface area contributed by atoms with Crippen molar-refractivity contribution in [2.45, 2.75) is 31.7 Å². The third kappa shape index (κ3) is 2.38. The predicted molar refractivity (Wildman–Crippen MR) is 42.3 cm³/mol. The molecule has 72 valence electrons. The summed E-state index contributed by atoms with van der Waals surface area (Å²) in [5, 5.41) is 8.63. The Labute approximate surface area is 71.2 Å². The van der Waals surface area contributed by atoms with E-state index in [0.717, 1.165) is 12.8 Å². The van der Waals surface area contributed by atoms with Gasteiger partial charge in [0.25, 0.3) is 6.43 Å². The normalized spacial score (nSPS) is 26.5. The molecule has 0 radical (unpaired) electrons. The molecule has 0 spiro atoms. The molecular formula is C8H15F2NO. The first-order chi connectivity index (χ1) is 5.75. The van der Waals surface area contributed by atoms with Gasteiger partial charge in [0.2, 0.25) is 0 Å². The SMILES string of the molecule is OCCN1CCCCC1C(F)F. The zero-order chi connectivity index (χ0) is 8.97. The molecule has 1 fully saturated rings. The van der Waals surface area contributed by atoms with Crippen molar-refractivity contribution in [3.05, 3.63) is 0 Å². The number of rotatable bonds is 3. The second-order valence-corrected chi connectivity index (χ2v) is 3.16. The van der Waals surface area contributed by atoms with Crippen LogP contribution < -0.4 is 0 Å². The topological polar surface area (TPSA) is 23.5 Å². The molecule has 1 heterocycles. The summed E-state index contributed by atoms with van der Waals surface area (Å²) in [6.45, 7) is 1.06. The maximum Gasteiger partial charge on any atom is 0.253 e. The van der Waals surface area contributed by atoms with E-state index in [1.165, 1.54) is 0 Å². The van der Waals surface area contributed by atoms with Crippen LogP contribution in [0.15, 0.2) is 0 Å². The van der Waals surface area contributed by atoms with Gasteiger partial charge >= 0.3 is 0 Å². The Morgan fingerprint density at radius 1 is 1.42 bits per heavy atom. The highest BCUT2D eigenvalue weighted by Crippen LogP contribution is 2.21. The lowest BCUT2D eigenvalue weighted by atomic mass is 10.0. The van der Waals surface area contributed by atoms with E-state index in [0.29, 0.717) is 19.5 Å². The summed E-state index contributed by atoms with van der Waals surface area (Å²) in [6.07, 6.45) is 0.162. The van der Waals surface area contributed by atoms with E-state index >= 15 is 0 Å². The highest BCUT2D eigenvalue weighted by Gasteiger charge is 2.29. The van der Waals surface area contributed by atoms with Crippen molar-refractivity contribution in [2.75, 3.05) is 19.7 Å². The second kappa shape index (κ2) is 4.72. The van der Waals surface area contributed by atoms with Crippen LogP contribution in [-0.4, -0.2) is 42.2 Å². The van der Waals surface area contributed by atoms with Crippen LogP contribution >= 0.6 is 0 Å². The number of halogens is 2. The summed E-state index contributed by atoms with van der Waals surface area (Å²) in [4.78, 5) is 1.69. The minimum absolute atomic E-state index is 0.0246. The Bertz CT molecular complexity index is 130. The molecule has 12 heavy (non-hydrogen) atoms. The Balaban J connectivity index is 2.42.